The number of carbonyl (C=O) groups is 1. The lowest BCUT2D eigenvalue weighted by Gasteiger charge is -2.35. The van der Waals surface area contributed by atoms with Crippen LogP contribution in [0, 0.1) is 5.92 Å². The zero-order chi connectivity index (χ0) is 22.4. The van der Waals surface area contributed by atoms with Crippen molar-refractivity contribution in [2.24, 2.45) is 5.92 Å². The highest BCUT2D eigenvalue weighted by Gasteiger charge is 2.45. The van der Waals surface area contributed by atoms with Crippen LogP contribution < -0.4 is 15.5 Å². The summed E-state index contributed by atoms with van der Waals surface area (Å²) in [6.07, 6.45) is 9.07. The Bertz CT molecular complexity index is 1160. The number of hydrogen-bond donors (Lipinski definition) is 3. The molecule has 0 bridgehead atoms. The molecule has 0 unspecified atom stereocenters. The molecular formula is C24H32N8O. The standard InChI is InChI=1S/C24H32N8O/c1-24(20(33)13-16-5-2-10-25-15-16)9-4-11-31(24)23-27-22(19-6-3-12-32(19)30-23)26-21-14-18(28-29-21)17-7-8-17/h3,6,12,14,16-17,25H,2,4-5,7-11,13,15H2,1H3,(H2,26,27,28,29,30)/t16-,24-/m0/s1. The number of H-pyrrole nitrogens is 1. The number of nitrogens with zero attached hydrogens (tertiary/aromatic N) is 5. The van der Waals surface area contributed by atoms with Gasteiger partial charge in [0.05, 0.1) is 5.54 Å². The van der Waals surface area contributed by atoms with Crippen LogP contribution in [0.15, 0.2) is 24.4 Å². The first-order valence-electron chi connectivity index (χ1n) is 12.3. The van der Waals surface area contributed by atoms with Crippen molar-refractivity contribution in [1.82, 2.24) is 30.1 Å². The molecule has 1 saturated carbocycles. The fourth-order valence-electron chi connectivity index (χ4n) is 5.41. The monoisotopic (exact) mass is 448 g/mol. The Balaban J connectivity index is 1.29. The molecule has 3 aliphatic rings. The van der Waals surface area contributed by atoms with E-state index < -0.39 is 5.54 Å². The first-order valence-corrected chi connectivity index (χ1v) is 12.3. The predicted octanol–water partition coefficient (Wildman–Crippen LogP) is 3.39. The largest absolute Gasteiger partial charge is 0.327 e. The molecule has 3 aromatic rings. The minimum Gasteiger partial charge on any atom is -0.327 e. The third kappa shape index (κ3) is 3.88. The molecule has 1 aliphatic carbocycles. The van der Waals surface area contributed by atoms with Crippen LogP contribution in [0.1, 0.15) is 63.5 Å². The number of fused-ring (bicyclic) bond motifs is 1. The Hall–Kier alpha value is -2.94. The van der Waals surface area contributed by atoms with Crippen LogP contribution in [0.2, 0.25) is 0 Å². The fraction of sp³-hybridized carbons (Fsp3) is 0.583. The summed E-state index contributed by atoms with van der Waals surface area (Å²) in [6.45, 7) is 4.86. The van der Waals surface area contributed by atoms with Crippen molar-refractivity contribution < 1.29 is 4.79 Å². The number of ketones is 1. The van der Waals surface area contributed by atoms with Crippen molar-refractivity contribution in [2.45, 2.75) is 63.3 Å². The molecule has 5 heterocycles. The number of hydrogen-bond acceptors (Lipinski definition) is 7. The van der Waals surface area contributed by atoms with E-state index in [9.17, 15) is 4.79 Å². The second-order valence-electron chi connectivity index (χ2n) is 10.1. The van der Waals surface area contributed by atoms with Gasteiger partial charge in [0.1, 0.15) is 5.52 Å². The molecule has 9 heteroatoms. The third-order valence-electron chi connectivity index (χ3n) is 7.60. The second kappa shape index (κ2) is 8.13. The molecule has 0 aromatic carbocycles. The van der Waals surface area contributed by atoms with Crippen LogP contribution in [0.4, 0.5) is 17.6 Å². The van der Waals surface area contributed by atoms with Gasteiger partial charge in [-0.1, -0.05) is 0 Å². The highest BCUT2D eigenvalue weighted by molar-refractivity contribution is 5.92. The van der Waals surface area contributed by atoms with Crippen molar-refractivity contribution in [3.8, 4) is 0 Å². The number of Topliss-reactive ketones (excluding diaryl/α,β-unsaturated/α-hetero) is 1. The maximum Gasteiger partial charge on any atom is 0.246 e. The number of aromatic nitrogens is 5. The van der Waals surface area contributed by atoms with E-state index in [-0.39, 0.29) is 0 Å². The lowest BCUT2D eigenvalue weighted by Crippen LogP contribution is -2.50. The van der Waals surface area contributed by atoms with Crippen molar-refractivity contribution in [2.75, 3.05) is 29.9 Å². The van der Waals surface area contributed by atoms with Crippen molar-refractivity contribution in [3.63, 3.8) is 0 Å². The Kier molecular flexibility index (Phi) is 5.09. The quantitative estimate of drug-likeness (QED) is 0.509. The maximum atomic E-state index is 13.5. The number of rotatable bonds is 7. The Morgan fingerprint density at radius 1 is 1.30 bits per heavy atom. The lowest BCUT2D eigenvalue weighted by molar-refractivity contribution is -0.124. The van der Waals surface area contributed by atoms with Gasteiger partial charge in [-0.3, -0.25) is 9.89 Å². The summed E-state index contributed by atoms with van der Waals surface area (Å²) < 4.78 is 1.84. The third-order valence-corrected chi connectivity index (χ3v) is 7.60. The summed E-state index contributed by atoms with van der Waals surface area (Å²) in [7, 11) is 0. The highest BCUT2D eigenvalue weighted by atomic mass is 16.1. The van der Waals surface area contributed by atoms with Gasteiger partial charge in [0, 0.05) is 36.8 Å². The van der Waals surface area contributed by atoms with E-state index >= 15 is 0 Å². The van der Waals surface area contributed by atoms with Crippen molar-refractivity contribution in [3.05, 3.63) is 30.1 Å². The van der Waals surface area contributed by atoms with E-state index in [4.69, 9.17) is 10.1 Å². The number of anilines is 3. The van der Waals surface area contributed by atoms with Crippen molar-refractivity contribution in [1.29, 1.82) is 0 Å². The molecule has 0 radical (unpaired) electrons. The van der Waals surface area contributed by atoms with Crippen LogP contribution in [-0.4, -0.2) is 55.8 Å². The van der Waals surface area contributed by atoms with Gasteiger partial charge in [-0.15, -0.1) is 5.10 Å². The smallest absolute Gasteiger partial charge is 0.246 e. The molecule has 2 atom stereocenters. The molecule has 33 heavy (non-hydrogen) atoms. The SMILES string of the molecule is C[C@@]1(C(=O)C[C@@H]2CCCNC2)CCCN1c1nc(Nc2cc(C3CC3)[nH]n2)c2cccn2n1. The van der Waals surface area contributed by atoms with Crippen molar-refractivity contribution >= 4 is 28.9 Å². The van der Waals surface area contributed by atoms with E-state index in [1.165, 1.54) is 18.5 Å². The average molecular weight is 449 g/mol. The van der Waals surface area contributed by atoms with E-state index in [0.29, 0.717) is 35.8 Å². The van der Waals surface area contributed by atoms with E-state index in [0.717, 1.165) is 56.7 Å². The van der Waals surface area contributed by atoms with Gasteiger partial charge in [-0.05, 0) is 76.6 Å². The number of aromatic amines is 1. The second-order valence-corrected chi connectivity index (χ2v) is 10.1. The first kappa shape index (κ1) is 20.7. The van der Waals surface area contributed by atoms with Crippen LogP contribution >= 0.6 is 0 Å². The van der Waals surface area contributed by atoms with Crippen LogP contribution in [-0.2, 0) is 4.79 Å². The highest BCUT2D eigenvalue weighted by Crippen LogP contribution is 2.40. The van der Waals surface area contributed by atoms with Gasteiger partial charge in [0.2, 0.25) is 5.95 Å². The molecule has 2 aliphatic heterocycles. The van der Waals surface area contributed by atoms with Crippen LogP contribution in [0.25, 0.3) is 5.52 Å². The average Bonchev–Trinajstić information content (AvgIpc) is 3.20. The van der Waals surface area contributed by atoms with E-state index in [2.05, 4.69) is 38.7 Å². The van der Waals surface area contributed by atoms with Gasteiger partial charge >= 0.3 is 0 Å². The zero-order valence-electron chi connectivity index (χ0n) is 19.2. The number of nitrogens with one attached hydrogen (secondary N) is 3. The van der Waals surface area contributed by atoms with Gasteiger partial charge in [0.15, 0.2) is 17.4 Å². The molecule has 3 fully saturated rings. The molecule has 3 aromatic heterocycles. The Morgan fingerprint density at radius 3 is 3.03 bits per heavy atom. The van der Waals surface area contributed by atoms with Crippen LogP contribution in [0.3, 0.4) is 0 Å². The lowest BCUT2D eigenvalue weighted by atomic mass is 9.84. The predicted molar refractivity (Wildman–Crippen MR) is 127 cm³/mol. The van der Waals surface area contributed by atoms with Gasteiger partial charge in [-0.25, -0.2) is 4.52 Å². The van der Waals surface area contributed by atoms with Gasteiger partial charge in [-0.2, -0.15) is 10.1 Å². The fourth-order valence-corrected chi connectivity index (χ4v) is 5.41. The molecule has 2 saturated heterocycles. The minimum atomic E-state index is -0.568. The normalized spacial score (nSPS) is 25.6. The number of piperidine rings is 1. The molecule has 174 valence electrons. The maximum absolute atomic E-state index is 13.5. The summed E-state index contributed by atoms with van der Waals surface area (Å²) >= 11 is 0. The summed E-state index contributed by atoms with van der Waals surface area (Å²) in [5, 5.41) is 19.2. The zero-order valence-corrected chi connectivity index (χ0v) is 19.2. The minimum absolute atomic E-state index is 0.306. The molecular weight excluding hydrogens is 416 g/mol. The Labute approximate surface area is 193 Å². The molecule has 6 rings (SSSR count). The van der Waals surface area contributed by atoms with Crippen LogP contribution in [0.5, 0.6) is 0 Å². The first-order chi connectivity index (χ1) is 16.1. The molecule has 0 spiro atoms. The van der Waals surface area contributed by atoms with Gasteiger partial charge < -0.3 is 15.5 Å². The molecule has 9 nitrogen and oxygen atoms in total. The summed E-state index contributed by atoms with van der Waals surface area (Å²) in [4.78, 5) is 20.6. The summed E-state index contributed by atoms with van der Waals surface area (Å²) in [5.74, 6) is 3.40. The summed E-state index contributed by atoms with van der Waals surface area (Å²) in [6, 6.07) is 6.02. The topological polar surface area (TPSA) is 103 Å². The Morgan fingerprint density at radius 2 is 2.21 bits per heavy atom. The van der Waals surface area contributed by atoms with Gasteiger partial charge in [0.25, 0.3) is 0 Å². The summed E-state index contributed by atoms with van der Waals surface area (Å²) in [5.41, 5.74) is 1.49. The molecule has 3 N–H and O–H groups in total. The number of carbonyl (C=O) groups excluding carboxylic acids is 1. The van der Waals surface area contributed by atoms with E-state index in [1.807, 2.05) is 22.8 Å². The van der Waals surface area contributed by atoms with E-state index in [1.54, 1.807) is 0 Å². The molecule has 0 amide bonds.